The van der Waals surface area contributed by atoms with E-state index in [1.807, 2.05) is 6.92 Å². The van der Waals surface area contributed by atoms with Crippen molar-refractivity contribution in [3.63, 3.8) is 0 Å². The molecule has 0 aliphatic rings. The molecule has 0 aromatic rings. The van der Waals surface area contributed by atoms with Gasteiger partial charge in [-0.1, -0.05) is 0 Å². The van der Waals surface area contributed by atoms with E-state index in [1.165, 1.54) is 7.05 Å². The second-order valence-corrected chi connectivity index (χ2v) is 2.71. The van der Waals surface area contributed by atoms with Gasteiger partial charge in [0.1, 0.15) is 13.2 Å². The summed E-state index contributed by atoms with van der Waals surface area (Å²) in [5, 5.41) is 4.97. The quantitative estimate of drug-likeness (QED) is 0.507. The first-order chi connectivity index (χ1) is 7.20. The van der Waals surface area contributed by atoms with Crippen LogP contribution in [0.2, 0.25) is 0 Å². The Balaban J connectivity index is 3.29. The van der Waals surface area contributed by atoms with Gasteiger partial charge in [0.15, 0.2) is 0 Å². The second kappa shape index (κ2) is 9.42. The number of hydrogen-bond acceptors (Lipinski definition) is 4. The second-order valence-electron chi connectivity index (χ2n) is 2.71. The molecular formula is C9H18N2O4. The molecule has 2 N–H and O–H groups in total. The predicted molar refractivity (Wildman–Crippen MR) is 54.4 cm³/mol. The molecule has 88 valence electrons. The monoisotopic (exact) mass is 218 g/mol. The van der Waals surface area contributed by atoms with Gasteiger partial charge in [-0.05, 0) is 6.92 Å². The first-order valence-electron chi connectivity index (χ1n) is 4.83. The van der Waals surface area contributed by atoms with Gasteiger partial charge in [-0.15, -0.1) is 0 Å². The number of nitrogens with one attached hydrogen (secondary N) is 2. The van der Waals surface area contributed by atoms with Crippen molar-refractivity contribution in [2.45, 2.75) is 6.92 Å². The predicted octanol–water partition coefficient (Wildman–Crippen LogP) is -1.10. The molecule has 0 heterocycles. The number of rotatable bonds is 8. The summed E-state index contributed by atoms with van der Waals surface area (Å²) in [4.78, 5) is 21.8. The van der Waals surface area contributed by atoms with Crippen molar-refractivity contribution in [2.24, 2.45) is 0 Å². The Labute approximate surface area is 89.3 Å². The maximum atomic E-state index is 11.1. The lowest BCUT2D eigenvalue weighted by atomic mass is 10.5. The van der Waals surface area contributed by atoms with E-state index < -0.39 is 0 Å². The first kappa shape index (κ1) is 13.9. The Morgan fingerprint density at radius 1 is 1.13 bits per heavy atom. The summed E-state index contributed by atoms with van der Waals surface area (Å²) >= 11 is 0. The molecule has 0 rings (SSSR count). The van der Waals surface area contributed by atoms with E-state index >= 15 is 0 Å². The molecule has 0 spiro atoms. The molecule has 2 amide bonds. The molecule has 0 atom stereocenters. The zero-order valence-electron chi connectivity index (χ0n) is 9.17. The number of amides is 2. The van der Waals surface area contributed by atoms with Crippen LogP contribution in [0.4, 0.5) is 0 Å². The molecular weight excluding hydrogens is 200 g/mol. The first-order valence-corrected chi connectivity index (χ1v) is 4.83. The van der Waals surface area contributed by atoms with Crippen LogP contribution < -0.4 is 10.6 Å². The molecule has 0 unspecified atom stereocenters. The van der Waals surface area contributed by atoms with Crippen LogP contribution in [0.5, 0.6) is 0 Å². The third-order valence-electron chi connectivity index (χ3n) is 1.52. The Hall–Kier alpha value is -1.14. The summed E-state index contributed by atoms with van der Waals surface area (Å²) in [6, 6.07) is 0. The van der Waals surface area contributed by atoms with Gasteiger partial charge in [-0.3, -0.25) is 9.59 Å². The van der Waals surface area contributed by atoms with Crippen LogP contribution in [0.15, 0.2) is 0 Å². The summed E-state index contributed by atoms with van der Waals surface area (Å²) in [6.07, 6.45) is 0. The van der Waals surface area contributed by atoms with Crippen LogP contribution >= 0.6 is 0 Å². The summed E-state index contributed by atoms with van der Waals surface area (Å²) in [7, 11) is 1.51. The molecule has 0 aliphatic carbocycles. The lowest BCUT2D eigenvalue weighted by Gasteiger charge is -2.05. The van der Waals surface area contributed by atoms with E-state index in [9.17, 15) is 9.59 Å². The van der Waals surface area contributed by atoms with Gasteiger partial charge < -0.3 is 20.1 Å². The lowest BCUT2D eigenvalue weighted by molar-refractivity contribution is -0.130. The van der Waals surface area contributed by atoms with Gasteiger partial charge in [0.2, 0.25) is 11.8 Å². The number of hydrogen-bond donors (Lipinski definition) is 2. The van der Waals surface area contributed by atoms with E-state index in [0.717, 1.165) is 0 Å². The standard InChI is InChI=1S/C9H18N2O4/c1-3-14-5-4-11-9(13)7-15-6-8(12)10-2/h3-7H2,1-2H3,(H,10,12)(H,11,13). The van der Waals surface area contributed by atoms with Crippen LogP contribution in [0, 0.1) is 0 Å². The van der Waals surface area contributed by atoms with Crippen molar-refractivity contribution in [1.82, 2.24) is 10.6 Å². The van der Waals surface area contributed by atoms with Crippen molar-refractivity contribution in [3.8, 4) is 0 Å². The average Bonchev–Trinajstić information content (AvgIpc) is 2.24. The fourth-order valence-electron chi connectivity index (χ4n) is 0.767. The normalized spacial score (nSPS) is 9.73. The van der Waals surface area contributed by atoms with Crippen LogP contribution in [-0.4, -0.2) is 51.8 Å². The minimum Gasteiger partial charge on any atom is -0.380 e. The maximum Gasteiger partial charge on any atom is 0.246 e. The molecule has 0 saturated heterocycles. The van der Waals surface area contributed by atoms with E-state index in [-0.39, 0.29) is 25.0 Å². The number of carbonyl (C=O) groups is 2. The van der Waals surface area contributed by atoms with Crippen LogP contribution in [0.1, 0.15) is 6.92 Å². The molecule has 0 fully saturated rings. The van der Waals surface area contributed by atoms with E-state index in [4.69, 9.17) is 9.47 Å². The smallest absolute Gasteiger partial charge is 0.246 e. The fraction of sp³-hybridized carbons (Fsp3) is 0.778. The van der Waals surface area contributed by atoms with Crippen molar-refractivity contribution in [1.29, 1.82) is 0 Å². The van der Waals surface area contributed by atoms with Crippen LogP contribution in [0.3, 0.4) is 0 Å². The van der Waals surface area contributed by atoms with E-state index in [1.54, 1.807) is 0 Å². The average molecular weight is 218 g/mol. The minimum absolute atomic E-state index is 0.102. The van der Waals surface area contributed by atoms with E-state index in [2.05, 4.69) is 10.6 Å². The molecule has 0 radical (unpaired) electrons. The Morgan fingerprint density at radius 2 is 1.80 bits per heavy atom. The van der Waals surface area contributed by atoms with Crippen molar-refractivity contribution < 1.29 is 19.1 Å². The Bertz CT molecular complexity index is 197. The molecule has 0 aromatic heterocycles. The fourth-order valence-corrected chi connectivity index (χ4v) is 0.767. The minimum atomic E-state index is -0.253. The van der Waals surface area contributed by atoms with Gasteiger partial charge in [0, 0.05) is 20.2 Å². The molecule has 6 heteroatoms. The topological polar surface area (TPSA) is 76.7 Å². The van der Waals surface area contributed by atoms with Crippen molar-refractivity contribution >= 4 is 11.8 Å². The highest BCUT2D eigenvalue weighted by molar-refractivity contribution is 5.79. The van der Waals surface area contributed by atoms with Gasteiger partial charge in [0.05, 0.1) is 6.61 Å². The molecule has 15 heavy (non-hydrogen) atoms. The summed E-state index contributed by atoms with van der Waals surface area (Å²) in [6.45, 7) is 3.24. The number of carbonyl (C=O) groups excluding carboxylic acids is 2. The number of likely N-dealkylation sites (N-methyl/N-ethyl adjacent to an activating group) is 1. The van der Waals surface area contributed by atoms with Crippen molar-refractivity contribution in [2.75, 3.05) is 40.0 Å². The lowest BCUT2D eigenvalue weighted by Crippen LogP contribution is -2.32. The van der Waals surface area contributed by atoms with Crippen LogP contribution in [-0.2, 0) is 19.1 Å². The van der Waals surface area contributed by atoms with Gasteiger partial charge in [-0.2, -0.15) is 0 Å². The molecule has 0 bridgehead atoms. The SMILES string of the molecule is CCOCCNC(=O)COCC(=O)NC. The summed E-state index contributed by atoms with van der Waals surface area (Å²) in [5.41, 5.74) is 0. The van der Waals surface area contributed by atoms with Gasteiger partial charge in [0.25, 0.3) is 0 Å². The van der Waals surface area contributed by atoms with Crippen molar-refractivity contribution in [3.05, 3.63) is 0 Å². The Morgan fingerprint density at radius 3 is 2.40 bits per heavy atom. The molecule has 6 nitrogen and oxygen atoms in total. The van der Waals surface area contributed by atoms with E-state index in [0.29, 0.717) is 19.8 Å². The third-order valence-corrected chi connectivity index (χ3v) is 1.52. The highest BCUT2D eigenvalue weighted by Crippen LogP contribution is 1.76. The number of ether oxygens (including phenoxy) is 2. The molecule has 0 aliphatic heterocycles. The summed E-state index contributed by atoms with van der Waals surface area (Å²) in [5.74, 6) is -0.504. The highest BCUT2D eigenvalue weighted by Gasteiger charge is 2.02. The Kier molecular flexibility index (Phi) is 8.70. The maximum absolute atomic E-state index is 11.1. The third kappa shape index (κ3) is 9.17. The van der Waals surface area contributed by atoms with Gasteiger partial charge >= 0.3 is 0 Å². The highest BCUT2D eigenvalue weighted by atomic mass is 16.5. The zero-order valence-corrected chi connectivity index (χ0v) is 9.17. The summed E-state index contributed by atoms with van der Waals surface area (Å²) < 4.78 is 9.86. The largest absolute Gasteiger partial charge is 0.380 e. The van der Waals surface area contributed by atoms with Crippen LogP contribution in [0.25, 0.3) is 0 Å². The molecule has 0 aromatic carbocycles. The van der Waals surface area contributed by atoms with Gasteiger partial charge in [-0.25, -0.2) is 0 Å². The molecule has 0 saturated carbocycles. The zero-order chi connectivity index (χ0) is 11.5.